The van der Waals surface area contributed by atoms with Crippen LogP contribution in [0.5, 0.6) is 0 Å². The van der Waals surface area contributed by atoms with Crippen molar-refractivity contribution in [1.82, 2.24) is 4.90 Å². The van der Waals surface area contributed by atoms with E-state index in [4.69, 9.17) is 0 Å². The third kappa shape index (κ3) is 4.38. The molecule has 1 aliphatic rings. The predicted octanol–water partition coefficient (Wildman–Crippen LogP) is 3.76. The summed E-state index contributed by atoms with van der Waals surface area (Å²) in [7, 11) is -3.85. The van der Waals surface area contributed by atoms with E-state index in [1.165, 1.54) is 4.31 Å². The number of aryl methyl sites for hydroxylation is 2. The van der Waals surface area contributed by atoms with Crippen LogP contribution in [0.25, 0.3) is 0 Å². The smallest absolute Gasteiger partial charge is 0.264 e. The molecule has 150 valence electrons. The maximum atomic E-state index is 13.4. The summed E-state index contributed by atoms with van der Waals surface area (Å²) < 4.78 is 28.1. The molecule has 2 aromatic carbocycles. The summed E-state index contributed by atoms with van der Waals surface area (Å²) in [4.78, 5) is 15.0. The normalized spacial score (nSPS) is 17.4. The first-order valence-electron chi connectivity index (χ1n) is 9.72. The molecular weight excluding hydrogens is 372 g/mol. The highest BCUT2D eigenvalue weighted by Gasteiger charge is 2.31. The molecule has 0 aromatic heterocycles. The Morgan fingerprint density at radius 3 is 2.54 bits per heavy atom. The summed E-state index contributed by atoms with van der Waals surface area (Å²) in [6, 6.07) is 14.0. The Bertz CT molecular complexity index is 942. The second-order valence-electron chi connectivity index (χ2n) is 7.70. The van der Waals surface area contributed by atoms with Crippen LogP contribution >= 0.6 is 0 Å². The molecule has 28 heavy (non-hydrogen) atoms. The highest BCUT2D eigenvalue weighted by Crippen LogP contribution is 2.28. The molecule has 1 unspecified atom stereocenters. The first-order chi connectivity index (χ1) is 13.3. The average molecular weight is 401 g/mol. The van der Waals surface area contributed by atoms with E-state index in [9.17, 15) is 13.2 Å². The van der Waals surface area contributed by atoms with E-state index in [1.807, 2.05) is 32.0 Å². The summed E-state index contributed by atoms with van der Waals surface area (Å²) in [5.74, 6) is 0.296. The van der Waals surface area contributed by atoms with Crippen LogP contribution in [-0.2, 0) is 14.8 Å². The van der Waals surface area contributed by atoms with Crippen molar-refractivity contribution in [3.63, 3.8) is 0 Å². The minimum atomic E-state index is -3.85. The molecule has 6 heteroatoms. The van der Waals surface area contributed by atoms with Gasteiger partial charge in [-0.15, -0.1) is 0 Å². The van der Waals surface area contributed by atoms with Crippen LogP contribution < -0.4 is 4.31 Å². The van der Waals surface area contributed by atoms with Gasteiger partial charge in [-0.25, -0.2) is 8.42 Å². The summed E-state index contributed by atoms with van der Waals surface area (Å²) in [6.07, 6.45) is 2.06. The van der Waals surface area contributed by atoms with Crippen LogP contribution in [-0.4, -0.2) is 38.9 Å². The molecule has 0 bridgehead atoms. The van der Waals surface area contributed by atoms with E-state index in [1.54, 1.807) is 35.2 Å². The monoisotopic (exact) mass is 400 g/mol. The Hall–Kier alpha value is -2.34. The average Bonchev–Trinajstić information content (AvgIpc) is 2.68. The molecule has 1 fully saturated rings. The standard InChI is InChI=1S/C22H28N2O3S/c1-17-11-12-19(3)21(14-17)24(28(26,27)20-9-5-4-6-10-20)16-22(25)23-13-7-8-18(2)15-23/h4-6,9-12,14,18H,7-8,13,15-16H2,1-3H3. The third-order valence-electron chi connectivity index (χ3n) is 5.25. The van der Waals surface area contributed by atoms with Crippen molar-refractivity contribution in [2.45, 2.75) is 38.5 Å². The van der Waals surface area contributed by atoms with Crippen molar-refractivity contribution in [3.05, 3.63) is 59.7 Å². The lowest BCUT2D eigenvalue weighted by Crippen LogP contribution is -2.46. The molecule has 0 aliphatic carbocycles. The number of benzene rings is 2. The minimum Gasteiger partial charge on any atom is -0.341 e. The number of likely N-dealkylation sites (tertiary alicyclic amines) is 1. The first-order valence-corrected chi connectivity index (χ1v) is 11.2. The summed E-state index contributed by atoms with van der Waals surface area (Å²) in [6.45, 7) is 7.11. The zero-order valence-corrected chi connectivity index (χ0v) is 17.6. The number of rotatable bonds is 5. The van der Waals surface area contributed by atoms with Crippen LogP contribution in [0.2, 0.25) is 0 Å². The lowest BCUT2D eigenvalue weighted by molar-refractivity contribution is -0.131. The van der Waals surface area contributed by atoms with Crippen molar-refractivity contribution in [3.8, 4) is 0 Å². The zero-order chi connectivity index (χ0) is 20.3. The Morgan fingerprint density at radius 2 is 1.86 bits per heavy atom. The summed E-state index contributed by atoms with van der Waals surface area (Å²) in [5.41, 5.74) is 2.33. The van der Waals surface area contributed by atoms with Crippen molar-refractivity contribution >= 4 is 21.6 Å². The molecule has 5 nitrogen and oxygen atoms in total. The maximum absolute atomic E-state index is 13.4. The fourth-order valence-corrected chi connectivity index (χ4v) is 5.14. The fourth-order valence-electron chi connectivity index (χ4n) is 3.65. The van der Waals surface area contributed by atoms with Crippen LogP contribution in [0.4, 0.5) is 5.69 Å². The number of carbonyl (C=O) groups excluding carboxylic acids is 1. The van der Waals surface area contributed by atoms with Gasteiger partial charge in [0, 0.05) is 13.1 Å². The summed E-state index contributed by atoms with van der Waals surface area (Å²) in [5, 5.41) is 0. The van der Waals surface area contributed by atoms with Gasteiger partial charge < -0.3 is 4.90 Å². The van der Waals surface area contributed by atoms with Gasteiger partial charge in [-0.2, -0.15) is 0 Å². The second kappa shape index (κ2) is 8.35. The van der Waals surface area contributed by atoms with Gasteiger partial charge >= 0.3 is 0 Å². The lowest BCUT2D eigenvalue weighted by atomic mass is 10.0. The van der Waals surface area contributed by atoms with Crippen LogP contribution in [0.15, 0.2) is 53.4 Å². The predicted molar refractivity (Wildman–Crippen MR) is 112 cm³/mol. The lowest BCUT2D eigenvalue weighted by Gasteiger charge is -2.33. The number of hydrogen-bond donors (Lipinski definition) is 0. The number of carbonyl (C=O) groups is 1. The van der Waals surface area contributed by atoms with Crippen molar-refractivity contribution < 1.29 is 13.2 Å². The fraction of sp³-hybridized carbons (Fsp3) is 0.409. The van der Waals surface area contributed by atoms with Gasteiger partial charge in [0.15, 0.2) is 0 Å². The van der Waals surface area contributed by atoms with Crippen molar-refractivity contribution in [2.75, 3.05) is 23.9 Å². The Kier molecular flexibility index (Phi) is 6.08. The van der Waals surface area contributed by atoms with Crippen molar-refractivity contribution in [2.24, 2.45) is 5.92 Å². The van der Waals surface area contributed by atoms with E-state index >= 15 is 0 Å². The van der Waals surface area contributed by atoms with Crippen molar-refractivity contribution in [1.29, 1.82) is 0 Å². The molecular formula is C22H28N2O3S. The Balaban J connectivity index is 2.00. The first kappa shape index (κ1) is 20.4. The van der Waals surface area contributed by atoms with Gasteiger partial charge in [0.05, 0.1) is 10.6 Å². The Morgan fingerprint density at radius 1 is 1.14 bits per heavy atom. The topological polar surface area (TPSA) is 57.7 Å². The van der Waals surface area contributed by atoms with Gasteiger partial charge in [-0.05, 0) is 61.9 Å². The van der Waals surface area contributed by atoms with Crippen LogP contribution in [0.1, 0.15) is 30.9 Å². The highest BCUT2D eigenvalue weighted by molar-refractivity contribution is 7.92. The van der Waals surface area contributed by atoms with E-state index < -0.39 is 10.0 Å². The highest BCUT2D eigenvalue weighted by atomic mass is 32.2. The van der Waals surface area contributed by atoms with Crippen LogP contribution in [0.3, 0.4) is 0 Å². The van der Waals surface area contributed by atoms with E-state index in [0.29, 0.717) is 24.7 Å². The largest absolute Gasteiger partial charge is 0.341 e. The number of hydrogen-bond acceptors (Lipinski definition) is 3. The molecule has 0 spiro atoms. The summed E-state index contributed by atoms with van der Waals surface area (Å²) >= 11 is 0. The molecule has 0 radical (unpaired) electrons. The van der Waals surface area contributed by atoms with E-state index in [0.717, 1.165) is 24.0 Å². The quantitative estimate of drug-likeness (QED) is 0.768. The second-order valence-corrected chi connectivity index (χ2v) is 9.56. The molecule has 0 saturated carbocycles. The molecule has 1 atom stereocenters. The zero-order valence-electron chi connectivity index (χ0n) is 16.8. The molecule has 3 rings (SSSR count). The Labute approximate surface area is 168 Å². The van der Waals surface area contributed by atoms with Gasteiger partial charge in [0.2, 0.25) is 5.91 Å². The molecule has 1 amide bonds. The van der Waals surface area contributed by atoms with Gasteiger partial charge in [-0.3, -0.25) is 9.10 Å². The van der Waals surface area contributed by atoms with E-state index in [-0.39, 0.29) is 17.3 Å². The molecule has 0 N–H and O–H groups in total. The van der Waals surface area contributed by atoms with Gasteiger partial charge in [0.1, 0.15) is 6.54 Å². The SMILES string of the molecule is Cc1ccc(C)c(N(CC(=O)N2CCCC(C)C2)S(=O)(=O)c2ccccc2)c1. The number of sulfonamides is 1. The third-order valence-corrected chi connectivity index (χ3v) is 7.03. The molecule has 1 saturated heterocycles. The number of nitrogens with zero attached hydrogens (tertiary/aromatic N) is 2. The maximum Gasteiger partial charge on any atom is 0.264 e. The van der Waals surface area contributed by atoms with Gasteiger partial charge in [-0.1, -0.05) is 37.3 Å². The van der Waals surface area contributed by atoms with E-state index in [2.05, 4.69) is 6.92 Å². The van der Waals surface area contributed by atoms with Gasteiger partial charge in [0.25, 0.3) is 10.0 Å². The number of amides is 1. The molecule has 1 heterocycles. The molecule has 2 aromatic rings. The number of anilines is 1. The molecule has 1 aliphatic heterocycles. The number of piperidine rings is 1. The van der Waals surface area contributed by atoms with Crippen LogP contribution in [0, 0.1) is 19.8 Å². The minimum absolute atomic E-state index is 0.146.